The molecule has 0 saturated carbocycles. The van der Waals surface area contributed by atoms with Crippen LogP contribution in [-0.4, -0.2) is 34.9 Å². The van der Waals surface area contributed by atoms with E-state index in [4.69, 9.17) is 9.47 Å². The second-order valence-corrected chi connectivity index (χ2v) is 6.46. The zero-order valence-corrected chi connectivity index (χ0v) is 15.7. The molecule has 138 valence electrons. The SMILES string of the molecule is COc1cc2c(cc1OC)-c1c(c(C(=O)Nc3cccc(C)n3)nn1C)C2. The predicted molar refractivity (Wildman–Crippen MR) is 101 cm³/mol. The number of methoxy groups -OCH3 is 2. The van der Waals surface area contributed by atoms with Crippen LogP contribution in [0.5, 0.6) is 11.5 Å². The van der Waals surface area contributed by atoms with Crippen molar-refractivity contribution in [3.8, 4) is 22.8 Å². The summed E-state index contributed by atoms with van der Waals surface area (Å²) >= 11 is 0. The minimum absolute atomic E-state index is 0.267. The molecule has 3 aromatic rings. The molecule has 4 rings (SSSR count). The van der Waals surface area contributed by atoms with E-state index in [0.29, 0.717) is 29.4 Å². The molecule has 1 aromatic carbocycles. The molecule has 2 aromatic heterocycles. The van der Waals surface area contributed by atoms with Gasteiger partial charge in [-0.05, 0) is 36.8 Å². The minimum Gasteiger partial charge on any atom is -0.493 e. The van der Waals surface area contributed by atoms with Crippen molar-refractivity contribution >= 4 is 11.7 Å². The number of nitrogens with zero attached hydrogens (tertiary/aromatic N) is 3. The van der Waals surface area contributed by atoms with Crippen molar-refractivity contribution < 1.29 is 14.3 Å². The van der Waals surface area contributed by atoms with Gasteiger partial charge in [0, 0.05) is 30.3 Å². The van der Waals surface area contributed by atoms with E-state index in [2.05, 4.69) is 15.4 Å². The Bertz CT molecular complexity index is 1060. The van der Waals surface area contributed by atoms with E-state index in [-0.39, 0.29) is 5.91 Å². The molecule has 7 heteroatoms. The lowest BCUT2D eigenvalue weighted by Gasteiger charge is -2.11. The summed E-state index contributed by atoms with van der Waals surface area (Å²) in [5, 5.41) is 7.29. The molecule has 2 heterocycles. The van der Waals surface area contributed by atoms with Crippen molar-refractivity contribution in [1.82, 2.24) is 14.8 Å². The summed E-state index contributed by atoms with van der Waals surface area (Å²) in [5.74, 6) is 1.57. The average Bonchev–Trinajstić information content (AvgIpc) is 3.17. The first-order chi connectivity index (χ1) is 13.0. The highest BCUT2D eigenvalue weighted by molar-refractivity contribution is 6.05. The number of carbonyl (C=O) groups excluding carboxylic acids is 1. The summed E-state index contributed by atoms with van der Waals surface area (Å²) in [6.45, 7) is 1.88. The maximum absolute atomic E-state index is 12.8. The lowest BCUT2D eigenvalue weighted by atomic mass is 10.1. The summed E-state index contributed by atoms with van der Waals surface area (Å²) in [5.41, 5.74) is 5.15. The van der Waals surface area contributed by atoms with E-state index in [9.17, 15) is 4.79 Å². The molecule has 27 heavy (non-hydrogen) atoms. The number of benzene rings is 1. The van der Waals surface area contributed by atoms with E-state index in [1.165, 1.54) is 0 Å². The van der Waals surface area contributed by atoms with Gasteiger partial charge in [0.15, 0.2) is 17.2 Å². The number of aromatic nitrogens is 3. The summed E-state index contributed by atoms with van der Waals surface area (Å²) in [6.07, 6.45) is 0.614. The highest BCUT2D eigenvalue weighted by Gasteiger charge is 2.31. The molecule has 0 saturated heterocycles. The molecular formula is C20H20N4O3. The molecule has 0 bridgehead atoms. The number of hydrogen-bond donors (Lipinski definition) is 1. The van der Waals surface area contributed by atoms with Gasteiger partial charge >= 0.3 is 0 Å². The van der Waals surface area contributed by atoms with Gasteiger partial charge in [0.1, 0.15) is 5.82 Å². The zero-order valence-electron chi connectivity index (χ0n) is 15.7. The Morgan fingerprint density at radius 2 is 1.93 bits per heavy atom. The van der Waals surface area contributed by atoms with E-state index in [0.717, 1.165) is 28.1 Å². The highest BCUT2D eigenvalue weighted by atomic mass is 16.5. The standard InChI is InChI=1S/C20H20N4O3/c1-11-6-5-7-17(21-11)22-20(25)18-14-8-12-9-15(26-3)16(27-4)10-13(12)19(14)24(2)23-18/h5-7,9-10H,8H2,1-4H3,(H,21,22,25). The lowest BCUT2D eigenvalue weighted by Crippen LogP contribution is -2.16. The van der Waals surface area contributed by atoms with Crippen molar-refractivity contribution in [3.05, 3.63) is 52.8 Å². The van der Waals surface area contributed by atoms with Crippen LogP contribution >= 0.6 is 0 Å². The first-order valence-corrected chi connectivity index (χ1v) is 8.58. The van der Waals surface area contributed by atoms with E-state index < -0.39 is 0 Å². The van der Waals surface area contributed by atoms with Crippen LogP contribution in [0.2, 0.25) is 0 Å². The third-order valence-electron chi connectivity index (χ3n) is 4.72. The molecule has 0 radical (unpaired) electrons. The molecule has 1 amide bonds. The number of carbonyl (C=O) groups is 1. The number of amides is 1. The quantitative estimate of drug-likeness (QED) is 0.602. The molecule has 0 fully saturated rings. The second-order valence-electron chi connectivity index (χ2n) is 6.46. The number of ether oxygens (including phenoxy) is 2. The molecule has 0 aliphatic heterocycles. The highest BCUT2D eigenvalue weighted by Crippen LogP contribution is 2.43. The van der Waals surface area contributed by atoms with Gasteiger partial charge in [0.05, 0.1) is 19.9 Å². The minimum atomic E-state index is -0.267. The maximum Gasteiger partial charge on any atom is 0.277 e. The lowest BCUT2D eigenvalue weighted by molar-refractivity contribution is 0.102. The number of hydrogen-bond acceptors (Lipinski definition) is 5. The number of rotatable bonds is 4. The van der Waals surface area contributed by atoms with Gasteiger partial charge < -0.3 is 14.8 Å². The maximum atomic E-state index is 12.8. The van der Waals surface area contributed by atoms with Crippen LogP contribution in [0.15, 0.2) is 30.3 Å². The van der Waals surface area contributed by atoms with Gasteiger partial charge in [0.25, 0.3) is 5.91 Å². The van der Waals surface area contributed by atoms with E-state index in [1.54, 1.807) is 25.0 Å². The largest absolute Gasteiger partial charge is 0.493 e. The van der Waals surface area contributed by atoms with Crippen LogP contribution in [0.1, 0.15) is 27.3 Å². The van der Waals surface area contributed by atoms with E-state index >= 15 is 0 Å². The van der Waals surface area contributed by atoms with Crippen LogP contribution in [0.25, 0.3) is 11.3 Å². The number of pyridine rings is 1. The van der Waals surface area contributed by atoms with Crippen LogP contribution in [0, 0.1) is 6.92 Å². The van der Waals surface area contributed by atoms with Crippen molar-refractivity contribution in [3.63, 3.8) is 0 Å². The smallest absolute Gasteiger partial charge is 0.277 e. The predicted octanol–water partition coefficient (Wildman–Crippen LogP) is 2.96. The molecule has 0 atom stereocenters. The van der Waals surface area contributed by atoms with Gasteiger partial charge in [-0.2, -0.15) is 5.10 Å². The van der Waals surface area contributed by atoms with Crippen molar-refractivity contribution in [2.24, 2.45) is 7.05 Å². The molecule has 1 aliphatic carbocycles. The average molecular weight is 364 g/mol. The fourth-order valence-electron chi connectivity index (χ4n) is 3.52. The van der Waals surface area contributed by atoms with Crippen molar-refractivity contribution in [1.29, 1.82) is 0 Å². The Hall–Kier alpha value is -3.35. The number of anilines is 1. The third kappa shape index (κ3) is 2.81. The van der Waals surface area contributed by atoms with E-state index in [1.807, 2.05) is 38.2 Å². The van der Waals surface area contributed by atoms with Crippen molar-refractivity contribution in [2.45, 2.75) is 13.3 Å². The Morgan fingerprint density at radius 1 is 1.19 bits per heavy atom. The molecule has 0 spiro atoms. The number of aryl methyl sites for hydroxylation is 2. The Morgan fingerprint density at radius 3 is 2.63 bits per heavy atom. The molecule has 7 nitrogen and oxygen atoms in total. The molecule has 0 unspecified atom stereocenters. The molecular weight excluding hydrogens is 344 g/mol. The zero-order chi connectivity index (χ0) is 19.1. The van der Waals surface area contributed by atoms with Gasteiger partial charge in [-0.25, -0.2) is 4.98 Å². The molecule has 1 aliphatic rings. The second kappa shape index (κ2) is 6.42. The van der Waals surface area contributed by atoms with Gasteiger partial charge in [0.2, 0.25) is 0 Å². The molecule has 1 N–H and O–H groups in total. The Labute approximate surface area is 156 Å². The fraction of sp³-hybridized carbons (Fsp3) is 0.250. The summed E-state index contributed by atoms with van der Waals surface area (Å²) in [4.78, 5) is 17.1. The number of fused-ring (bicyclic) bond motifs is 3. The van der Waals surface area contributed by atoms with Gasteiger partial charge in [-0.15, -0.1) is 0 Å². The summed E-state index contributed by atoms with van der Waals surface area (Å²) in [6, 6.07) is 9.39. The first kappa shape index (κ1) is 17.1. The van der Waals surface area contributed by atoms with Crippen LogP contribution in [-0.2, 0) is 13.5 Å². The third-order valence-corrected chi connectivity index (χ3v) is 4.72. The van der Waals surface area contributed by atoms with Crippen molar-refractivity contribution in [2.75, 3.05) is 19.5 Å². The normalized spacial score (nSPS) is 11.7. The Kier molecular flexibility index (Phi) is 4.07. The van der Waals surface area contributed by atoms with Gasteiger partial charge in [-0.3, -0.25) is 9.48 Å². The van der Waals surface area contributed by atoms with Gasteiger partial charge in [-0.1, -0.05) is 6.07 Å². The monoisotopic (exact) mass is 364 g/mol. The van der Waals surface area contributed by atoms with Crippen LogP contribution in [0.3, 0.4) is 0 Å². The topological polar surface area (TPSA) is 78.3 Å². The summed E-state index contributed by atoms with van der Waals surface area (Å²) < 4.78 is 12.6. The fourth-order valence-corrected chi connectivity index (χ4v) is 3.52. The van der Waals surface area contributed by atoms with Crippen LogP contribution in [0.4, 0.5) is 5.82 Å². The van der Waals surface area contributed by atoms with Crippen LogP contribution < -0.4 is 14.8 Å². The summed E-state index contributed by atoms with van der Waals surface area (Å²) in [7, 11) is 5.06. The number of nitrogens with one attached hydrogen (secondary N) is 1. The Balaban J connectivity index is 1.72. The first-order valence-electron chi connectivity index (χ1n) is 8.58.